The van der Waals surface area contributed by atoms with E-state index in [9.17, 15) is 0 Å². The lowest BCUT2D eigenvalue weighted by molar-refractivity contribution is -0.671. The van der Waals surface area contributed by atoms with Crippen LogP contribution in [0.2, 0.25) is 0 Å². The van der Waals surface area contributed by atoms with Gasteiger partial charge in [-0.3, -0.25) is 0 Å². The number of aromatic nitrogens is 4. The van der Waals surface area contributed by atoms with Gasteiger partial charge < -0.3 is 25.1 Å². The molecule has 0 atom stereocenters. The first-order valence-corrected chi connectivity index (χ1v) is 7.43. The number of anilines is 1. The zero-order valence-corrected chi connectivity index (χ0v) is 12.5. The lowest BCUT2D eigenvalue weighted by Crippen LogP contribution is -2.83. The van der Waals surface area contributed by atoms with Gasteiger partial charge in [-0.15, -0.1) is 0 Å². The van der Waals surface area contributed by atoms with Gasteiger partial charge in [0.2, 0.25) is 6.79 Å². The first kappa shape index (κ1) is 13.8. The molecule has 2 aromatic heterocycles. The Bertz CT molecular complexity index is 847. The highest BCUT2D eigenvalue weighted by molar-refractivity contribution is 5.81. The van der Waals surface area contributed by atoms with Crippen molar-refractivity contribution in [2.24, 2.45) is 0 Å². The number of quaternary nitrogens is 1. The van der Waals surface area contributed by atoms with Gasteiger partial charge in [-0.2, -0.15) is 0 Å². The van der Waals surface area contributed by atoms with E-state index in [0.29, 0.717) is 18.1 Å². The third-order valence-corrected chi connectivity index (χ3v) is 3.82. The predicted molar refractivity (Wildman–Crippen MR) is 82.8 cm³/mol. The number of imidazole rings is 1. The number of nitrogens with two attached hydrogens (primary N) is 2. The number of fused-ring (bicyclic) bond motifs is 2. The van der Waals surface area contributed by atoms with Crippen LogP contribution in [-0.4, -0.2) is 32.9 Å². The normalized spacial score (nSPS) is 12.9. The highest BCUT2D eigenvalue weighted by Gasteiger charge is 2.13. The van der Waals surface area contributed by atoms with Crippen molar-refractivity contribution < 1.29 is 14.8 Å². The second kappa shape index (κ2) is 5.73. The van der Waals surface area contributed by atoms with Crippen LogP contribution in [0.5, 0.6) is 11.5 Å². The van der Waals surface area contributed by atoms with Crippen LogP contribution in [0.25, 0.3) is 11.2 Å². The molecule has 23 heavy (non-hydrogen) atoms. The Balaban J connectivity index is 1.35. The molecule has 8 nitrogen and oxygen atoms in total. The monoisotopic (exact) mass is 313 g/mol. The number of nitrogen functional groups attached to an aromatic ring is 1. The molecule has 0 aliphatic carbocycles. The highest BCUT2D eigenvalue weighted by Crippen LogP contribution is 2.32. The third kappa shape index (κ3) is 2.64. The molecule has 0 saturated carbocycles. The maximum atomic E-state index is 5.79. The third-order valence-electron chi connectivity index (χ3n) is 3.82. The first-order valence-electron chi connectivity index (χ1n) is 7.43. The summed E-state index contributed by atoms with van der Waals surface area (Å²) < 4.78 is 12.7. The van der Waals surface area contributed by atoms with Crippen molar-refractivity contribution in [1.29, 1.82) is 0 Å². The van der Waals surface area contributed by atoms with Crippen LogP contribution in [0, 0.1) is 0 Å². The van der Waals surface area contributed by atoms with Crippen molar-refractivity contribution in [3.63, 3.8) is 0 Å². The summed E-state index contributed by atoms with van der Waals surface area (Å²) in [6.45, 7) is 2.89. The van der Waals surface area contributed by atoms with E-state index < -0.39 is 0 Å². The summed E-state index contributed by atoms with van der Waals surface area (Å²) >= 11 is 0. The second-order valence-electron chi connectivity index (χ2n) is 5.34. The number of ether oxygens (including phenoxy) is 2. The molecular weight excluding hydrogens is 296 g/mol. The van der Waals surface area contributed by atoms with E-state index in [1.165, 1.54) is 11.9 Å². The van der Waals surface area contributed by atoms with Gasteiger partial charge in [-0.25, -0.2) is 15.0 Å². The van der Waals surface area contributed by atoms with Crippen LogP contribution in [0.1, 0.15) is 5.56 Å². The van der Waals surface area contributed by atoms with E-state index in [-0.39, 0.29) is 0 Å². The van der Waals surface area contributed by atoms with E-state index in [4.69, 9.17) is 15.2 Å². The van der Waals surface area contributed by atoms with Crippen LogP contribution < -0.4 is 20.5 Å². The topological polar surface area (TPSA) is 105 Å². The molecule has 1 aromatic carbocycles. The van der Waals surface area contributed by atoms with Crippen molar-refractivity contribution in [3.05, 3.63) is 36.4 Å². The minimum Gasteiger partial charge on any atom is -0.454 e. The van der Waals surface area contributed by atoms with Gasteiger partial charge in [0, 0.05) is 5.56 Å². The average Bonchev–Trinajstić information content (AvgIpc) is 3.18. The Labute approximate surface area is 132 Å². The molecule has 0 amide bonds. The summed E-state index contributed by atoms with van der Waals surface area (Å²) in [5.74, 6) is 2.05. The van der Waals surface area contributed by atoms with Crippen molar-refractivity contribution in [1.82, 2.24) is 19.5 Å². The van der Waals surface area contributed by atoms with Crippen molar-refractivity contribution in [2.45, 2.75) is 13.1 Å². The number of hydrogen-bond donors (Lipinski definition) is 2. The van der Waals surface area contributed by atoms with Gasteiger partial charge in [-0.05, 0) is 18.2 Å². The SMILES string of the molecule is Nc1ncnc2c1ncn2CC[NH2+]Cc1ccc2c(c1)OCO2. The number of hydrogen-bond acceptors (Lipinski definition) is 6. The Hall–Kier alpha value is -2.87. The summed E-state index contributed by atoms with van der Waals surface area (Å²) in [5, 5.41) is 2.23. The van der Waals surface area contributed by atoms with E-state index in [2.05, 4.69) is 26.3 Å². The Morgan fingerprint density at radius 3 is 3.04 bits per heavy atom. The first-order chi connectivity index (χ1) is 11.3. The Kier molecular flexibility index (Phi) is 3.43. The molecule has 0 spiro atoms. The number of nitrogens with zero attached hydrogens (tertiary/aromatic N) is 4. The molecule has 1 aliphatic heterocycles. The Morgan fingerprint density at radius 2 is 2.09 bits per heavy atom. The maximum Gasteiger partial charge on any atom is 0.231 e. The van der Waals surface area contributed by atoms with Crippen molar-refractivity contribution in [3.8, 4) is 11.5 Å². The summed E-state index contributed by atoms with van der Waals surface area (Å²) in [5.41, 5.74) is 8.42. The molecule has 0 unspecified atom stereocenters. The standard InChI is InChI=1S/C15H16N6O2/c16-14-13-15(19-7-18-14)21(8-20-13)4-3-17-6-10-1-2-11-12(5-10)23-9-22-11/h1-2,5,7-8,17H,3-4,6,9H2,(H2,16,18,19)/p+1. The largest absolute Gasteiger partial charge is 0.454 e. The smallest absolute Gasteiger partial charge is 0.231 e. The summed E-state index contributed by atoms with van der Waals surface area (Å²) in [6, 6.07) is 6.04. The fourth-order valence-electron chi connectivity index (χ4n) is 2.63. The molecule has 0 bridgehead atoms. The van der Waals surface area contributed by atoms with E-state index in [1.54, 1.807) is 6.33 Å². The van der Waals surface area contributed by atoms with Gasteiger partial charge >= 0.3 is 0 Å². The van der Waals surface area contributed by atoms with E-state index in [1.807, 2.05) is 16.7 Å². The van der Waals surface area contributed by atoms with Gasteiger partial charge in [0.05, 0.1) is 19.4 Å². The quantitative estimate of drug-likeness (QED) is 0.637. The van der Waals surface area contributed by atoms with Crippen LogP contribution in [0.4, 0.5) is 5.82 Å². The predicted octanol–water partition coefficient (Wildman–Crippen LogP) is -0.0992. The number of benzene rings is 1. The van der Waals surface area contributed by atoms with E-state index in [0.717, 1.165) is 36.8 Å². The molecule has 3 aromatic rings. The van der Waals surface area contributed by atoms with Gasteiger partial charge in [0.1, 0.15) is 18.4 Å². The fourth-order valence-corrected chi connectivity index (χ4v) is 2.63. The minimum absolute atomic E-state index is 0.307. The molecule has 0 saturated heterocycles. The van der Waals surface area contributed by atoms with Crippen molar-refractivity contribution >= 4 is 17.0 Å². The summed E-state index contributed by atoms with van der Waals surface area (Å²) in [6.07, 6.45) is 3.22. The molecule has 0 fully saturated rings. The molecule has 0 radical (unpaired) electrons. The van der Waals surface area contributed by atoms with Crippen LogP contribution in [0.3, 0.4) is 0 Å². The van der Waals surface area contributed by atoms with Crippen LogP contribution in [0.15, 0.2) is 30.9 Å². The van der Waals surface area contributed by atoms with Gasteiger partial charge in [0.15, 0.2) is 23.0 Å². The fraction of sp³-hybridized carbons (Fsp3) is 0.267. The summed E-state index contributed by atoms with van der Waals surface area (Å²) in [4.78, 5) is 12.5. The molecule has 1 aliphatic rings. The lowest BCUT2D eigenvalue weighted by Gasteiger charge is -2.05. The van der Waals surface area contributed by atoms with Gasteiger partial charge in [0.25, 0.3) is 0 Å². The average molecular weight is 313 g/mol. The van der Waals surface area contributed by atoms with Gasteiger partial charge in [-0.1, -0.05) is 0 Å². The van der Waals surface area contributed by atoms with Crippen LogP contribution in [-0.2, 0) is 13.1 Å². The van der Waals surface area contributed by atoms with Crippen molar-refractivity contribution in [2.75, 3.05) is 19.1 Å². The molecule has 118 valence electrons. The molecule has 4 rings (SSSR count). The van der Waals surface area contributed by atoms with Crippen LogP contribution >= 0.6 is 0 Å². The zero-order valence-electron chi connectivity index (χ0n) is 12.5. The molecule has 8 heteroatoms. The van der Waals surface area contributed by atoms with E-state index >= 15 is 0 Å². The summed E-state index contributed by atoms with van der Waals surface area (Å²) in [7, 11) is 0. The maximum absolute atomic E-state index is 5.79. The molecule has 4 N–H and O–H groups in total. The zero-order chi connectivity index (χ0) is 15.6. The lowest BCUT2D eigenvalue weighted by atomic mass is 10.2. The minimum atomic E-state index is 0.307. The second-order valence-corrected chi connectivity index (χ2v) is 5.34. The highest BCUT2D eigenvalue weighted by atomic mass is 16.7. The number of rotatable bonds is 5. The Morgan fingerprint density at radius 1 is 1.17 bits per heavy atom. The molecule has 3 heterocycles. The molecular formula is C15H17N6O2+.